The average molecular weight is 429 g/mol. The van der Waals surface area contributed by atoms with Crippen LogP contribution in [0, 0.1) is 18.6 Å². The third-order valence-corrected chi connectivity index (χ3v) is 4.87. The Bertz CT molecular complexity index is 826. The van der Waals surface area contributed by atoms with E-state index in [0.717, 1.165) is 26.1 Å². The molecule has 0 saturated heterocycles. The Labute approximate surface area is 142 Å². The minimum Gasteiger partial charge on any atom is -0.320 e. The number of benzene rings is 2. The van der Waals surface area contributed by atoms with Crippen molar-refractivity contribution in [3.63, 3.8) is 0 Å². The number of nitrogens with one attached hydrogen (secondary N) is 1. The summed E-state index contributed by atoms with van der Waals surface area (Å²) in [7, 11) is 0. The molecule has 6 heteroatoms. The smallest absolute Gasteiger partial charge is 0.256 e. The maximum Gasteiger partial charge on any atom is 0.256 e. The zero-order valence-electron chi connectivity index (χ0n) is 11.3. The molecule has 112 valence electrons. The molecule has 1 amide bonds. The first kappa shape index (κ1) is 15.4. The van der Waals surface area contributed by atoms with Crippen molar-refractivity contribution in [1.82, 2.24) is 0 Å². The van der Waals surface area contributed by atoms with Crippen molar-refractivity contribution < 1.29 is 13.6 Å². The van der Waals surface area contributed by atoms with Crippen molar-refractivity contribution in [2.45, 2.75) is 6.92 Å². The van der Waals surface area contributed by atoms with Crippen molar-refractivity contribution in [3.05, 3.63) is 61.5 Å². The summed E-state index contributed by atoms with van der Waals surface area (Å²) in [5.74, 6) is -1.67. The number of halogens is 4. The molecule has 1 N–H and O–H groups in total. The van der Waals surface area contributed by atoms with E-state index in [1.165, 1.54) is 18.2 Å². The van der Waals surface area contributed by atoms with Gasteiger partial charge in [0.15, 0.2) is 0 Å². The van der Waals surface area contributed by atoms with E-state index in [9.17, 15) is 13.6 Å². The van der Waals surface area contributed by atoms with Gasteiger partial charge in [-0.15, -0.1) is 0 Å². The lowest BCUT2D eigenvalue weighted by molar-refractivity contribution is -0.110. The lowest BCUT2D eigenvalue weighted by atomic mass is 9.99. The quantitative estimate of drug-likeness (QED) is 0.614. The van der Waals surface area contributed by atoms with Gasteiger partial charge >= 0.3 is 0 Å². The minimum absolute atomic E-state index is 0.297. The molecule has 1 aliphatic heterocycles. The summed E-state index contributed by atoms with van der Waals surface area (Å²) in [6.07, 6.45) is 1.49. The van der Waals surface area contributed by atoms with E-state index in [4.69, 9.17) is 0 Å². The maximum atomic E-state index is 13.3. The van der Waals surface area contributed by atoms with Crippen LogP contribution in [-0.4, -0.2) is 5.91 Å². The normalized spacial score (nSPS) is 15.1. The van der Waals surface area contributed by atoms with Crippen molar-refractivity contribution in [3.8, 4) is 0 Å². The summed E-state index contributed by atoms with van der Waals surface area (Å²) < 4.78 is 28.2. The maximum absolute atomic E-state index is 13.3. The molecule has 0 radical (unpaired) electrons. The molecule has 2 aromatic carbocycles. The first-order valence-corrected chi connectivity index (χ1v) is 7.93. The largest absolute Gasteiger partial charge is 0.320 e. The van der Waals surface area contributed by atoms with Crippen LogP contribution in [0.5, 0.6) is 0 Å². The number of carbonyl (C=O) groups is 1. The van der Waals surface area contributed by atoms with Crippen LogP contribution in [0.1, 0.15) is 16.7 Å². The SMILES string of the molecule is Cc1c(Br)cc(Br)c2c1C(=Cc1cc(F)cc(F)c1)C(=O)N2. The second kappa shape index (κ2) is 5.59. The second-order valence-corrected chi connectivity index (χ2v) is 6.64. The molecule has 0 spiro atoms. The summed E-state index contributed by atoms with van der Waals surface area (Å²) in [4.78, 5) is 12.2. The highest BCUT2D eigenvalue weighted by molar-refractivity contribution is 9.11. The van der Waals surface area contributed by atoms with Gasteiger partial charge in [-0.05, 0) is 58.3 Å². The lowest BCUT2D eigenvalue weighted by Crippen LogP contribution is -2.03. The van der Waals surface area contributed by atoms with E-state index in [0.29, 0.717) is 16.8 Å². The van der Waals surface area contributed by atoms with Crippen LogP contribution >= 0.6 is 31.9 Å². The Morgan fingerprint density at radius 3 is 2.32 bits per heavy atom. The van der Waals surface area contributed by atoms with Crippen LogP contribution in [0.4, 0.5) is 14.5 Å². The second-order valence-electron chi connectivity index (χ2n) is 4.93. The van der Waals surface area contributed by atoms with Gasteiger partial charge in [-0.2, -0.15) is 0 Å². The van der Waals surface area contributed by atoms with Crippen LogP contribution < -0.4 is 5.32 Å². The van der Waals surface area contributed by atoms with Crippen LogP contribution in [0.15, 0.2) is 33.2 Å². The lowest BCUT2D eigenvalue weighted by Gasteiger charge is -2.08. The molecule has 0 fully saturated rings. The number of hydrogen-bond donors (Lipinski definition) is 1. The predicted octanol–water partition coefficient (Wildman–Crippen LogP) is 5.29. The molecule has 0 unspecified atom stereocenters. The first-order valence-electron chi connectivity index (χ1n) is 6.35. The van der Waals surface area contributed by atoms with Gasteiger partial charge in [0, 0.05) is 26.1 Å². The van der Waals surface area contributed by atoms with Crippen molar-refractivity contribution >= 4 is 55.1 Å². The average Bonchev–Trinajstić information content (AvgIpc) is 2.73. The summed E-state index contributed by atoms with van der Waals surface area (Å²) in [5, 5.41) is 2.77. The Balaban J connectivity index is 2.22. The van der Waals surface area contributed by atoms with Crippen molar-refractivity contribution in [2.24, 2.45) is 0 Å². The molecule has 0 aliphatic carbocycles. The third kappa shape index (κ3) is 2.61. The van der Waals surface area contributed by atoms with E-state index in [2.05, 4.69) is 37.2 Å². The first-order chi connectivity index (χ1) is 10.4. The molecular formula is C16H9Br2F2NO. The van der Waals surface area contributed by atoms with E-state index in [1.54, 1.807) is 0 Å². The van der Waals surface area contributed by atoms with Gasteiger partial charge in [0.25, 0.3) is 5.91 Å². The standard InChI is InChI=1S/C16H9Br2F2NO/c1-7-12(17)6-13(18)15-14(7)11(16(22)21-15)4-8-2-9(19)5-10(20)3-8/h2-6H,1H3,(H,21,22). The van der Waals surface area contributed by atoms with Gasteiger partial charge in [-0.3, -0.25) is 4.79 Å². The van der Waals surface area contributed by atoms with Crippen LogP contribution in [0.25, 0.3) is 11.6 Å². The van der Waals surface area contributed by atoms with E-state index in [-0.39, 0.29) is 5.91 Å². The third-order valence-electron chi connectivity index (χ3n) is 3.42. The number of hydrogen-bond acceptors (Lipinski definition) is 1. The fourth-order valence-electron chi connectivity index (χ4n) is 2.43. The molecule has 0 atom stereocenters. The zero-order chi connectivity index (χ0) is 16.0. The van der Waals surface area contributed by atoms with Gasteiger partial charge in [-0.25, -0.2) is 8.78 Å². The van der Waals surface area contributed by atoms with E-state index >= 15 is 0 Å². The van der Waals surface area contributed by atoms with Crippen LogP contribution in [0.3, 0.4) is 0 Å². The number of anilines is 1. The zero-order valence-corrected chi connectivity index (χ0v) is 14.5. The summed E-state index contributed by atoms with van der Waals surface area (Å²) in [6.45, 7) is 1.87. The minimum atomic E-state index is -0.683. The van der Waals surface area contributed by atoms with Gasteiger partial charge in [0.1, 0.15) is 11.6 Å². The molecule has 3 rings (SSSR count). The molecule has 1 heterocycles. The summed E-state index contributed by atoms with van der Waals surface area (Å²) in [5.41, 5.74) is 2.93. The number of fused-ring (bicyclic) bond motifs is 1. The van der Waals surface area contributed by atoms with Gasteiger partial charge in [0.2, 0.25) is 0 Å². The Kier molecular flexibility index (Phi) is 3.91. The molecule has 0 aromatic heterocycles. The number of rotatable bonds is 1. The fraction of sp³-hybridized carbons (Fsp3) is 0.0625. The highest BCUT2D eigenvalue weighted by Gasteiger charge is 2.29. The van der Waals surface area contributed by atoms with Gasteiger partial charge in [0.05, 0.1) is 5.69 Å². The van der Waals surface area contributed by atoms with Crippen molar-refractivity contribution in [2.75, 3.05) is 5.32 Å². The molecule has 2 nitrogen and oxygen atoms in total. The Morgan fingerprint density at radius 2 is 1.68 bits per heavy atom. The molecule has 1 aliphatic rings. The molecule has 0 bridgehead atoms. The predicted molar refractivity (Wildman–Crippen MR) is 89.4 cm³/mol. The number of carbonyl (C=O) groups excluding carboxylic acids is 1. The van der Waals surface area contributed by atoms with Gasteiger partial charge < -0.3 is 5.32 Å². The highest BCUT2D eigenvalue weighted by atomic mass is 79.9. The van der Waals surface area contributed by atoms with Crippen LogP contribution in [0.2, 0.25) is 0 Å². The Morgan fingerprint density at radius 1 is 1.05 bits per heavy atom. The van der Waals surface area contributed by atoms with Crippen molar-refractivity contribution in [1.29, 1.82) is 0 Å². The number of amides is 1. The molecule has 2 aromatic rings. The monoisotopic (exact) mass is 427 g/mol. The topological polar surface area (TPSA) is 29.1 Å². The summed E-state index contributed by atoms with van der Waals surface area (Å²) >= 11 is 6.84. The van der Waals surface area contributed by atoms with Gasteiger partial charge in [-0.1, -0.05) is 15.9 Å². The molecule has 0 saturated carbocycles. The van der Waals surface area contributed by atoms with E-state index < -0.39 is 11.6 Å². The Hall–Kier alpha value is -1.53. The fourth-order valence-corrected chi connectivity index (χ4v) is 3.69. The summed E-state index contributed by atoms with van der Waals surface area (Å²) in [6, 6.07) is 5.01. The highest BCUT2D eigenvalue weighted by Crippen LogP contribution is 2.43. The van der Waals surface area contributed by atoms with E-state index in [1.807, 2.05) is 13.0 Å². The molecular weight excluding hydrogens is 420 g/mol. The van der Waals surface area contributed by atoms with Crippen LogP contribution in [-0.2, 0) is 4.79 Å². The molecule has 22 heavy (non-hydrogen) atoms.